The van der Waals surface area contributed by atoms with E-state index in [2.05, 4.69) is 71.8 Å². The third kappa shape index (κ3) is 27.9. The van der Waals surface area contributed by atoms with Crippen LogP contribution in [0, 0.1) is 0 Å². The Morgan fingerprint density at radius 3 is 1.97 bits per heavy atom. The van der Waals surface area contributed by atoms with Crippen LogP contribution in [0.3, 0.4) is 0 Å². The van der Waals surface area contributed by atoms with Crippen molar-refractivity contribution >= 4 is 33.4 Å². The number of hydrogen-bond donors (Lipinski definition) is 5. The van der Waals surface area contributed by atoms with Crippen molar-refractivity contribution < 1.29 is 71.0 Å². The number of phosphoric acid groups is 2. The van der Waals surface area contributed by atoms with Crippen LogP contribution in [0.5, 0.6) is 0 Å². The van der Waals surface area contributed by atoms with Crippen molar-refractivity contribution in [1.29, 1.82) is 0 Å². The zero-order chi connectivity index (χ0) is 51.7. The SMILES string of the molecule is CCCCC/C=C\CC1OC1C/C=C\C/C=C\CCCC(=O)O[C@H](COC(=O)CCCCCCC/C=C\C=C/CCCCCC)COP(=O)(O)OP(=O)(O)OC[C@H]1O[C@@H](n2ccc(N)nc2=O)[C@H](O)[C@@H]1O. The van der Waals surface area contributed by atoms with Crippen molar-refractivity contribution in [2.24, 2.45) is 0 Å². The molecule has 2 aliphatic heterocycles. The number of esters is 2. The number of phosphoric ester groups is 2. The van der Waals surface area contributed by atoms with E-state index >= 15 is 0 Å². The van der Waals surface area contributed by atoms with E-state index in [-0.39, 0.29) is 24.8 Å². The van der Waals surface area contributed by atoms with E-state index in [1.807, 2.05) is 12.2 Å². The van der Waals surface area contributed by atoms with Crippen molar-refractivity contribution in [2.75, 3.05) is 25.6 Å². The Balaban J connectivity index is 1.42. The maximum Gasteiger partial charge on any atom is 0.481 e. The predicted molar refractivity (Wildman–Crippen MR) is 270 cm³/mol. The highest BCUT2D eigenvalue weighted by atomic mass is 31.3. The van der Waals surface area contributed by atoms with Gasteiger partial charge in [-0.1, -0.05) is 126 Å². The van der Waals surface area contributed by atoms with Crippen LogP contribution in [0.25, 0.3) is 0 Å². The second kappa shape index (κ2) is 35.6. The number of carbonyl (C=O) groups excluding carboxylic acids is 2. The highest BCUT2D eigenvalue weighted by molar-refractivity contribution is 7.61. The number of anilines is 1. The lowest BCUT2D eigenvalue weighted by Gasteiger charge is -2.21. The third-order valence-corrected chi connectivity index (χ3v) is 14.1. The number of epoxide rings is 1. The average Bonchev–Trinajstić information content (AvgIpc) is 4.02. The molecule has 1 aromatic rings. The van der Waals surface area contributed by atoms with Gasteiger partial charge in [-0.3, -0.25) is 23.2 Å². The normalized spacial score (nSPS) is 22.5. The van der Waals surface area contributed by atoms with Gasteiger partial charge in [0.15, 0.2) is 12.3 Å². The molecule has 402 valence electrons. The van der Waals surface area contributed by atoms with Gasteiger partial charge in [0.05, 0.1) is 25.4 Å². The molecule has 19 nitrogen and oxygen atoms in total. The topological polar surface area (TPSA) is 278 Å². The number of aliphatic hydroxyl groups is 2. The Labute approximate surface area is 419 Å². The van der Waals surface area contributed by atoms with Gasteiger partial charge in [-0.2, -0.15) is 9.29 Å². The van der Waals surface area contributed by atoms with Gasteiger partial charge in [-0.25, -0.2) is 13.9 Å². The lowest BCUT2D eigenvalue weighted by atomic mass is 10.1. The van der Waals surface area contributed by atoms with E-state index in [1.54, 1.807) is 0 Å². The lowest BCUT2D eigenvalue weighted by molar-refractivity contribution is -0.161. The third-order valence-electron chi connectivity index (χ3n) is 11.5. The minimum absolute atomic E-state index is 0.0369. The summed E-state index contributed by atoms with van der Waals surface area (Å²) in [4.78, 5) is 61.9. The van der Waals surface area contributed by atoms with E-state index < -0.39 is 83.7 Å². The summed E-state index contributed by atoms with van der Waals surface area (Å²) < 4.78 is 62.5. The highest BCUT2D eigenvalue weighted by Gasteiger charge is 2.46. The average molecular weight is 1040 g/mol. The number of nitrogen functional groups attached to an aromatic ring is 1. The Hall–Kier alpha value is -3.58. The molecule has 1 aromatic heterocycles. The first-order valence-electron chi connectivity index (χ1n) is 25.4. The summed E-state index contributed by atoms with van der Waals surface area (Å²) in [5, 5.41) is 20.9. The van der Waals surface area contributed by atoms with Gasteiger partial charge in [0.25, 0.3) is 0 Å². The molecule has 0 amide bonds. The van der Waals surface area contributed by atoms with Crippen LogP contribution in [-0.4, -0.2) is 97.9 Å². The molecule has 2 saturated heterocycles. The Kier molecular flexibility index (Phi) is 30.9. The zero-order valence-electron chi connectivity index (χ0n) is 41.7. The molecular weight excluding hydrogens is 961 g/mol. The van der Waals surface area contributed by atoms with E-state index in [4.69, 9.17) is 33.7 Å². The summed E-state index contributed by atoms with van der Waals surface area (Å²) in [6.07, 6.45) is 34.8. The van der Waals surface area contributed by atoms with Crippen LogP contribution < -0.4 is 11.4 Å². The summed E-state index contributed by atoms with van der Waals surface area (Å²) in [6.45, 7) is 2.02. The van der Waals surface area contributed by atoms with Crippen molar-refractivity contribution in [3.05, 3.63) is 83.5 Å². The molecule has 0 saturated carbocycles. The molecule has 2 aliphatic rings. The van der Waals surface area contributed by atoms with Gasteiger partial charge in [0.2, 0.25) is 0 Å². The van der Waals surface area contributed by atoms with E-state index in [0.717, 1.165) is 75.0 Å². The molecule has 6 N–H and O–H groups in total. The first-order valence-corrected chi connectivity index (χ1v) is 28.4. The molecule has 0 radical (unpaired) electrons. The number of allylic oxidation sites excluding steroid dienone is 8. The van der Waals surface area contributed by atoms with Crippen LogP contribution in [-0.2, 0) is 51.0 Å². The second-order valence-electron chi connectivity index (χ2n) is 17.7. The van der Waals surface area contributed by atoms with Gasteiger partial charge < -0.3 is 44.7 Å². The maximum absolute atomic E-state index is 12.9. The minimum Gasteiger partial charge on any atom is -0.462 e. The Morgan fingerprint density at radius 2 is 1.27 bits per heavy atom. The molecule has 0 bridgehead atoms. The molecule has 0 spiro atoms. The molecule has 3 heterocycles. The van der Waals surface area contributed by atoms with Crippen molar-refractivity contribution in [1.82, 2.24) is 9.55 Å². The molecule has 0 aliphatic carbocycles. The fourth-order valence-electron chi connectivity index (χ4n) is 7.40. The standard InChI is InChI=1S/C50H81N3O16P2/c1-3-5-7-9-11-12-13-14-15-16-17-18-21-25-29-33-45(54)63-37-40(66-46(55)34-30-26-22-19-20-24-28-32-42-41(67-42)31-27-23-10-8-6-4-2)38-64-70(59,60)69-71(61,62)65-39-43-47(56)48(57)49(68-43)53-36-35-44(51)52-50(53)58/h12-15,19,22-24,27-28,35-36,40-43,47-49,56-57H,3-11,16-18,20-21,25-26,29-34,37-39H2,1-2H3,(H,59,60)(H,61,62)(H2,51,52,58)/b13-12-,15-14-,22-19-,27-23-,28-24-/t40-,41?,42?,43-,47-,48-,49-/m1/s1. The lowest BCUT2D eigenvalue weighted by Crippen LogP contribution is -2.36. The second-order valence-corrected chi connectivity index (χ2v) is 20.8. The number of nitrogens with two attached hydrogens (primary N) is 1. The van der Waals surface area contributed by atoms with Gasteiger partial charge in [-0.15, -0.1) is 0 Å². The number of nitrogens with zero attached hydrogens (tertiary/aromatic N) is 2. The van der Waals surface area contributed by atoms with Gasteiger partial charge >= 0.3 is 33.3 Å². The largest absolute Gasteiger partial charge is 0.481 e. The Morgan fingerprint density at radius 1 is 0.704 bits per heavy atom. The minimum atomic E-state index is -5.44. The number of aromatic nitrogens is 2. The van der Waals surface area contributed by atoms with Crippen LogP contribution in [0.1, 0.15) is 161 Å². The fraction of sp³-hybridized carbons (Fsp3) is 0.680. The molecule has 2 fully saturated rings. The zero-order valence-corrected chi connectivity index (χ0v) is 43.5. The first kappa shape index (κ1) is 61.7. The van der Waals surface area contributed by atoms with Crippen LogP contribution in [0.4, 0.5) is 5.82 Å². The first-order chi connectivity index (χ1) is 34.1. The molecule has 71 heavy (non-hydrogen) atoms. The maximum atomic E-state index is 12.9. The number of aliphatic hydroxyl groups excluding tert-OH is 2. The highest BCUT2D eigenvalue weighted by Crippen LogP contribution is 2.60. The summed E-state index contributed by atoms with van der Waals surface area (Å²) in [5.74, 6) is -1.39. The molecular formula is C50H81N3O16P2. The van der Waals surface area contributed by atoms with Crippen molar-refractivity contribution in [2.45, 2.75) is 198 Å². The molecule has 21 heteroatoms. The predicted octanol–water partition coefficient (Wildman–Crippen LogP) is 9.32. The number of rotatable bonds is 40. The number of unbranched alkanes of at least 4 members (excludes halogenated alkanes) is 13. The number of hydrogen-bond acceptors (Lipinski definition) is 16. The van der Waals surface area contributed by atoms with Gasteiger partial charge in [0.1, 0.15) is 30.7 Å². The summed E-state index contributed by atoms with van der Waals surface area (Å²) >= 11 is 0. The summed E-state index contributed by atoms with van der Waals surface area (Å²) in [7, 11) is -10.9. The molecule has 4 unspecified atom stereocenters. The van der Waals surface area contributed by atoms with Crippen molar-refractivity contribution in [3.63, 3.8) is 0 Å². The van der Waals surface area contributed by atoms with Gasteiger partial charge in [0, 0.05) is 19.0 Å². The van der Waals surface area contributed by atoms with E-state index in [0.29, 0.717) is 25.4 Å². The molecule has 9 atom stereocenters. The van der Waals surface area contributed by atoms with Gasteiger partial charge in [-0.05, 0) is 83.1 Å². The number of carbonyl (C=O) groups is 2. The molecule has 0 aromatic carbocycles. The summed E-state index contributed by atoms with van der Waals surface area (Å²) in [6, 6.07) is 1.24. The van der Waals surface area contributed by atoms with Crippen LogP contribution in [0.15, 0.2) is 77.8 Å². The Bertz CT molecular complexity index is 1990. The number of ether oxygens (including phenoxy) is 4. The van der Waals surface area contributed by atoms with Crippen LogP contribution in [0.2, 0.25) is 0 Å². The van der Waals surface area contributed by atoms with E-state index in [9.17, 15) is 43.5 Å². The summed E-state index contributed by atoms with van der Waals surface area (Å²) in [5.41, 5.74) is 4.58. The van der Waals surface area contributed by atoms with Crippen LogP contribution >= 0.6 is 15.6 Å². The monoisotopic (exact) mass is 1040 g/mol. The quantitative estimate of drug-likeness (QED) is 0.0102. The fourth-order valence-corrected chi connectivity index (χ4v) is 9.51. The van der Waals surface area contributed by atoms with E-state index in [1.165, 1.54) is 51.0 Å². The smallest absolute Gasteiger partial charge is 0.462 e. The van der Waals surface area contributed by atoms with Crippen molar-refractivity contribution in [3.8, 4) is 0 Å². The molecule has 3 rings (SSSR count).